The summed E-state index contributed by atoms with van der Waals surface area (Å²) in [5.74, 6) is -0.335. The van der Waals surface area contributed by atoms with Crippen LogP contribution in [0.15, 0.2) is 23.1 Å². The molecule has 1 saturated heterocycles. The predicted octanol–water partition coefficient (Wildman–Crippen LogP) is 1.05. The number of sulfonamides is 1. The van der Waals surface area contributed by atoms with Gasteiger partial charge in [-0.1, -0.05) is 0 Å². The molecule has 0 radical (unpaired) electrons. The zero-order valence-corrected chi connectivity index (χ0v) is 15.3. The van der Waals surface area contributed by atoms with E-state index in [0.717, 1.165) is 17.1 Å². The average Bonchev–Trinajstić information content (AvgIpc) is 2.79. The molecule has 25 heavy (non-hydrogen) atoms. The minimum Gasteiger partial charge on any atom is -0.339 e. The van der Waals surface area contributed by atoms with Gasteiger partial charge in [0.25, 0.3) is 21.8 Å². The number of likely N-dealkylation sites (tertiary alicyclic amines) is 1. The van der Waals surface area contributed by atoms with Gasteiger partial charge in [-0.25, -0.2) is 12.7 Å². The highest BCUT2D eigenvalue weighted by Gasteiger charge is 2.40. The molecule has 2 aliphatic rings. The van der Waals surface area contributed by atoms with Gasteiger partial charge >= 0.3 is 0 Å². The van der Waals surface area contributed by atoms with Crippen molar-refractivity contribution in [1.82, 2.24) is 9.21 Å². The molecule has 2 heterocycles. The quantitative estimate of drug-likeness (QED) is 0.863. The second-order valence-corrected chi connectivity index (χ2v) is 8.51. The normalized spacial score (nSPS) is 21.3. The Labute approximate surface area is 147 Å². The van der Waals surface area contributed by atoms with Gasteiger partial charge in [0.1, 0.15) is 4.90 Å². The number of benzene rings is 1. The lowest BCUT2D eigenvalue weighted by atomic mass is 9.90. The third-order valence-corrected chi connectivity index (χ3v) is 7.01. The lowest BCUT2D eigenvalue weighted by molar-refractivity contribution is 0.0680. The van der Waals surface area contributed by atoms with E-state index >= 15 is 0 Å². The number of piperidine rings is 1. The Morgan fingerprint density at radius 2 is 1.96 bits per heavy atom. The van der Waals surface area contributed by atoms with Gasteiger partial charge in [-0.3, -0.25) is 9.59 Å². The Morgan fingerprint density at radius 1 is 1.32 bits per heavy atom. The molecule has 8 heteroatoms. The van der Waals surface area contributed by atoms with E-state index in [1.54, 1.807) is 11.8 Å². The van der Waals surface area contributed by atoms with E-state index < -0.39 is 15.9 Å². The minimum atomic E-state index is -3.86. The van der Waals surface area contributed by atoms with E-state index in [9.17, 15) is 18.0 Å². The van der Waals surface area contributed by atoms with Crippen LogP contribution in [-0.2, 0) is 10.0 Å². The molecule has 0 spiro atoms. The van der Waals surface area contributed by atoms with Crippen molar-refractivity contribution in [1.29, 1.82) is 0 Å². The zero-order valence-electron chi connectivity index (χ0n) is 14.4. The van der Waals surface area contributed by atoms with Crippen LogP contribution in [0.2, 0.25) is 0 Å². The molecule has 1 fully saturated rings. The van der Waals surface area contributed by atoms with Crippen LogP contribution in [0.5, 0.6) is 0 Å². The first kappa shape index (κ1) is 17.9. The van der Waals surface area contributed by atoms with E-state index in [1.807, 2.05) is 6.92 Å². The van der Waals surface area contributed by atoms with Crippen LogP contribution >= 0.6 is 0 Å². The van der Waals surface area contributed by atoms with Crippen LogP contribution in [0.1, 0.15) is 47.4 Å². The van der Waals surface area contributed by atoms with E-state index in [-0.39, 0.29) is 29.0 Å². The predicted molar refractivity (Wildman–Crippen MR) is 92.6 cm³/mol. The number of fused-ring (bicyclic) bond motifs is 1. The monoisotopic (exact) mass is 365 g/mol. The van der Waals surface area contributed by atoms with Crippen LogP contribution < -0.4 is 5.73 Å². The molecule has 2 N–H and O–H groups in total. The summed E-state index contributed by atoms with van der Waals surface area (Å²) in [5.41, 5.74) is 6.36. The maximum Gasteiger partial charge on any atom is 0.268 e. The number of hydrogen-bond donors (Lipinski definition) is 1. The summed E-state index contributed by atoms with van der Waals surface area (Å²) in [5, 5.41) is 0. The molecule has 0 bridgehead atoms. The van der Waals surface area contributed by atoms with Crippen molar-refractivity contribution in [3.63, 3.8) is 0 Å². The smallest absolute Gasteiger partial charge is 0.268 e. The molecule has 1 aromatic rings. The lowest BCUT2D eigenvalue weighted by Gasteiger charge is -2.33. The number of nitrogens with two attached hydrogens (primary N) is 1. The number of amides is 2. The molecule has 2 aliphatic heterocycles. The average molecular weight is 365 g/mol. The summed E-state index contributed by atoms with van der Waals surface area (Å²) in [6.07, 6.45) is 1.68. The summed E-state index contributed by atoms with van der Waals surface area (Å²) in [7, 11) is -3.86. The van der Waals surface area contributed by atoms with Gasteiger partial charge in [0.05, 0.1) is 5.56 Å². The SMILES string of the molecule is CCN1C(=O)c2ccc(C(=O)N3CCC(C(C)N)CC3)cc2S1(=O)=O. The van der Waals surface area contributed by atoms with Crippen molar-refractivity contribution in [3.8, 4) is 0 Å². The largest absolute Gasteiger partial charge is 0.339 e. The van der Waals surface area contributed by atoms with Gasteiger partial charge in [0.15, 0.2) is 0 Å². The maximum absolute atomic E-state index is 12.7. The standard InChI is InChI=1S/C17H23N3O4S/c1-3-20-17(22)14-5-4-13(10-15(14)25(20,23)24)16(21)19-8-6-12(7-9-19)11(2)18/h4-5,10-12H,3,6-9,18H2,1-2H3. The topological polar surface area (TPSA) is 101 Å². The summed E-state index contributed by atoms with van der Waals surface area (Å²) < 4.78 is 25.8. The first-order valence-corrected chi connectivity index (χ1v) is 9.97. The summed E-state index contributed by atoms with van der Waals surface area (Å²) in [6.45, 7) is 4.87. The Hall–Kier alpha value is -1.93. The van der Waals surface area contributed by atoms with Crippen LogP contribution in [-0.4, -0.2) is 55.1 Å². The first-order chi connectivity index (χ1) is 11.8. The highest BCUT2D eigenvalue weighted by Crippen LogP contribution is 2.31. The van der Waals surface area contributed by atoms with Crippen molar-refractivity contribution in [2.24, 2.45) is 11.7 Å². The number of carbonyl (C=O) groups excluding carboxylic acids is 2. The molecule has 0 saturated carbocycles. The third-order valence-electron chi connectivity index (χ3n) is 5.11. The highest BCUT2D eigenvalue weighted by molar-refractivity contribution is 7.90. The fraction of sp³-hybridized carbons (Fsp3) is 0.529. The molecule has 7 nitrogen and oxygen atoms in total. The van der Waals surface area contributed by atoms with Gasteiger partial charge in [-0.15, -0.1) is 0 Å². The van der Waals surface area contributed by atoms with E-state index in [1.165, 1.54) is 18.2 Å². The molecule has 1 aromatic carbocycles. The van der Waals surface area contributed by atoms with Gasteiger partial charge in [-0.2, -0.15) is 0 Å². The second-order valence-electron chi connectivity index (χ2n) is 6.67. The van der Waals surface area contributed by atoms with E-state index in [4.69, 9.17) is 5.73 Å². The number of rotatable bonds is 3. The number of hydrogen-bond acceptors (Lipinski definition) is 5. The second kappa shape index (κ2) is 6.42. The summed E-state index contributed by atoms with van der Waals surface area (Å²) in [6, 6.07) is 4.41. The summed E-state index contributed by atoms with van der Waals surface area (Å²) in [4.78, 5) is 26.5. The van der Waals surface area contributed by atoms with Crippen LogP contribution in [0.4, 0.5) is 0 Å². The molecular formula is C17H23N3O4S. The van der Waals surface area contributed by atoms with E-state index in [2.05, 4.69) is 0 Å². The molecular weight excluding hydrogens is 342 g/mol. The summed E-state index contributed by atoms with van der Waals surface area (Å²) >= 11 is 0. The first-order valence-electron chi connectivity index (χ1n) is 8.53. The molecule has 3 rings (SSSR count). The Morgan fingerprint density at radius 3 is 2.52 bits per heavy atom. The Bertz CT molecular complexity index is 811. The van der Waals surface area contributed by atoms with Gasteiger partial charge in [0, 0.05) is 31.2 Å². The highest BCUT2D eigenvalue weighted by atomic mass is 32.2. The van der Waals surface area contributed by atoms with Gasteiger partial charge in [0.2, 0.25) is 0 Å². The zero-order chi connectivity index (χ0) is 18.4. The lowest BCUT2D eigenvalue weighted by Crippen LogP contribution is -2.42. The van der Waals surface area contributed by atoms with Gasteiger partial charge in [-0.05, 0) is 50.8 Å². The van der Waals surface area contributed by atoms with Gasteiger partial charge < -0.3 is 10.6 Å². The number of nitrogens with zero attached hydrogens (tertiary/aromatic N) is 2. The molecule has 0 aliphatic carbocycles. The third kappa shape index (κ3) is 2.93. The van der Waals surface area contributed by atoms with Crippen LogP contribution in [0.3, 0.4) is 0 Å². The maximum atomic E-state index is 12.7. The minimum absolute atomic E-state index is 0.0733. The van der Waals surface area contributed by atoms with Crippen molar-refractivity contribution in [2.45, 2.75) is 37.6 Å². The van der Waals surface area contributed by atoms with Crippen LogP contribution in [0.25, 0.3) is 0 Å². The molecule has 136 valence electrons. The van der Waals surface area contributed by atoms with Crippen molar-refractivity contribution >= 4 is 21.8 Å². The Kier molecular flexibility index (Phi) is 4.59. The van der Waals surface area contributed by atoms with E-state index in [0.29, 0.717) is 24.6 Å². The fourth-order valence-corrected chi connectivity index (χ4v) is 5.14. The fourth-order valence-electron chi connectivity index (χ4n) is 3.53. The van der Waals surface area contributed by atoms with Crippen molar-refractivity contribution < 1.29 is 18.0 Å². The van der Waals surface area contributed by atoms with Crippen LogP contribution in [0, 0.1) is 5.92 Å². The molecule has 1 atom stereocenters. The Balaban J connectivity index is 1.85. The van der Waals surface area contributed by atoms with Crippen molar-refractivity contribution in [2.75, 3.05) is 19.6 Å². The molecule has 1 unspecified atom stereocenters. The molecule has 0 aromatic heterocycles. The number of carbonyl (C=O) groups is 2. The van der Waals surface area contributed by atoms with Crippen molar-refractivity contribution in [3.05, 3.63) is 29.3 Å². The molecule has 2 amide bonds.